The Morgan fingerprint density at radius 3 is 2.36 bits per heavy atom. The van der Waals surface area contributed by atoms with Gasteiger partial charge in [0.15, 0.2) is 5.96 Å². The quantitative estimate of drug-likeness (QED) is 0.374. The lowest BCUT2D eigenvalue weighted by atomic mass is 9.98. The summed E-state index contributed by atoms with van der Waals surface area (Å²) in [5.41, 5.74) is 0. The second kappa shape index (κ2) is 9.22. The van der Waals surface area contributed by atoms with Crippen molar-refractivity contribution in [2.24, 2.45) is 28.7 Å². The van der Waals surface area contributed by atoms with Crippen molar-refractivity contribution in [1.29, 1.82) is 0 Å². The van der Waals surface area contributed by atoms with Crippen molar-refractivity contribution in [3.05, 3.63) is 0 Å². The predicted octanol–water partition coefficient (Wildman–Crippen LogP) is 2.27. The number of guanidine groups is 1. The summed E-state index contributed by atoms with van der Waals surface area (Å²) in [7, 11) is 1.95. The van der Waals surface area contributed by atoms with E-state index in [1.165, 1.54) is 38.6 Å². The van der Waals surface area contributed by atoms with Crippen molar-refractivity contribution in [2.45, 2.75) is 32.1 Å². The van der Waals surface area contributed by atoms with E-state index in [1.54, 1.807) is 0 Å². The van der Waals surface area contributed by atoms with Gasteiger partial charge in [-0.25, -0.2) is 0 Å². The van der Waals surface area contributed by atoms with E-state index >= 15 is 0 Å². The summed E-state index contributed by atoms with van der Waals surface area (Å²) in [6.07, 6.45) is 7.16. The number of hydrogen-bond donors (Lipinski definition) is 1. The Kier molecular flexibility index (Phi) is 7.26. The SMILES string of the molecule is CN=C(NCC(C1CC1)C1CC1)N1CCC(CN2CCOCC2)C1.I. The van der Waals surface area contributed by atoms with E-state index in [0.717, 1.165) is 75.6 Å². The van der Waals surface area contributed by atoms with Crippen molar-refractivity contribution in [2.75, 3.05) is 59.5 Å². The molecule has 1 unspecified atom stereocenters. The highest BCUT2D eigenvalue weighted by molar-refractivity contribution is 14.0. The number of likely N-dealkylation sites (tertiary alicyclic amines) is 1. The van der Waals surface area contributed by atoms with Gasteiger partial charge in [0.25, 0.3) is 0 Å². The molecular weight excluding hydrogens is 427 g/mol. The van der Waals surface area contributed by atoms with E-state index < -0.39 is 0 Å². The molecule has 4 rings (SSSR count). The highest BCUT2D eigenvalue weighted by Gasteiger charge is 2.41. The molecule has 1 atom stereocenters. The van der Waals surface area contributed by atoms with Crippen LogP contribution in [-0.2, 0) is 4.74 Å². The lowest BCUT2D eigenvalue weighted by molar-refractivity contribution is 0.0315. The largest absolute Gasteiger partial charge is 0.379 e. The Morgan fingerprint density at radius 1 is 1.08 bits per heavy atom. The van der Waals surface area contributed by atoms with Crippen LogP contribution in [0.5, 0.6) is 0 Å². The number of nitrogens with one attached hydrogen (secondary N) is 1. The average Bonchev–Trinajstić information content (AvgIpc) is 3.53. The molecule has 0 radical (unpaired) electrons. The summed E-state index contributed by atoms with van der Waals surface area (Å²) in [5.74, 6) is 4.86. The number of halogens is 1. The van der Waals surface area contributed by atoms with Crippen LogP contribution in [0.1, 0.15) is 32.1 Å². The smallest absolute Gasteiger partial charge is 0.193 e. The zero-order valence-corrected chi connectivity index (χ0v) is 18.0. The van der Waals surface area contributed by atoms with Crippen LogP contribution in [0, 0.1) is 23.7 Å². The third-order valence-electron chi connectivity index (χ3n) is 6.37. The lowest BCUT2D eigenvalue weighted by Crippen LogP contribution is -2.44. The maximum atomic E-state index is 5.46. The van der Waals surface area contributed by atoms with Crippen LogP contribution in [0.2, 0.25) is 0 Å². The molecule has 0 amide bonds. The molecule has 0 aromatic heterocycles. The van der Waals surface area contributed by atoms with Crippen LogP contribution in [0.15, 0.2) is 4.99 Å². The van der Waals surface area contributed by atoms with Crippen molar-refractivity contribution >= 4 is 29.9 Å². The first kappa shape index (κ1) is 19.7. The molecule has 1 N–H and O–H groups in total. The summed E-state index contributed by atoms with van der Waals surface area (Å²) in [4.78, 5) is 9.64. The van der Waals surface area contributed by atoms with Crippen LogP contribution in [0.25, 0.3) is 0 Å². The molecule has 2 heterocycles. The first-order valence-corrected chi connectivity index (χ1v) is 10.1. The van der Waals surface area contributed by atoms with Crippen molar-refractivity contribution < 1.29 is 4.74 Å². The molecular formula is C19H35IN4O. The average molecular weight is 462 g/mol. The van der Waals surface area contributed by atoms with Crippen LogP contribution >= 0.6 is 24.0 Å². The van der Waals surface area contributed by atoms with Gasteiger partial charge in [-0.15, -0.1) is 24.0 Å². The Balaban J connectivity index is 0.00000182. The van der Waals surface area contributed by atoms with E-state index in [9.17, 15) is 0 Å². The first-order chi connectivity index (χ1) is 11.8. The second-order valence-corrected chi connectivity index (χ2v) is 8.28. The molecule has 25 heavy (non-hydrogen) atoms. The number of ether oxygens (including phenoxy) is 1. The summed E-state index contributed by atoms with van der Waals surface area (Å²) in [6, 6.07) is 0. The van der Waals surface area contributed by atoms with Gasteiger partial charge in [-0.2, -0.15) is 0 Å². The molecule has 5 nitrogen and oxygen atoms in total. The molecule has 0 aromatic rings. The molecule has 6 heteroatoms. The number of nitrogens with zero attached hydrogens (tertiary/aromatic N) is 3. The standard InChI is InChI=1S/C19H34N4O.HI/c1-20-19(21-12-18(16-2-3-16)17-4-5-17)23-7-6-15(14-23)13-22-8-10-24-11-9-22;/h15-18H,2-14H2,1H3,(H,20,21);1H. The number of aliphatic imine (C=N–C) groups is 1. The van der Waals surface area contributed by atoms with Gasteiger partial charge in [-0.3, -0.25) is 9.89 Å². The molecule has 0 aromatic carbocycles. The maximum Gasteiger partial charge on any atom is 0.193 e. The summed E-state index contributed by atoms with van der Waals surface area (Å²) < 4.78 is 5.46. The third kappa shape index (κ3) is 5.45. The van der Waals surface area contributed by atoms with Gasteiger partial charge in [-0.1, -0.05) is 0 Å². The highest BCUT2D eigenvalue weighted by atomic mass is 127. The van der Waals surface area contributed by atoms with E-state index in [2.05, 4.69) is 20.1 Å². The van der Waals surface area contributed by atoms with Crippen molar-refractivity contribution in [3.63, 3.8) is 0 Å². The first-order valence-electron chi connectivity index (χ1n) is 10.1. The molecule has 0 spiro atoms. The fraction of sp³-hybridized carbons (Fsp3) is 0.947. The molecule has 2 saturated heterocycles. The molecule has 0 bridgehead atoms. The third-order valence-corrected chi connectivity index (χ3v) is 6.37. The van der Waals surface area contributed by atoms with Gasteiger partial charge in [0.2, 0.25) is 0 Å². The van der Waals surface area contributed by atoms with Gasteiger partial charge in [0.05, 0.1) is 13.2 Å². The minimum atomic E-state index is 0. The molecule has 4 aliphatic rings. The van der Waals surface area contributed by atoms with Gasteiger partial charge < -0.3 is 15.0 Å². The molecule has 144 valence electrons. The van der Waals surface area contributed by atoms with Crippen molar-refractivity contribution in [1.82, 2.24) is 15.1 Å². The predicted molar refractivity (Wildman–Crippen MR) is 113 cm³/mol. The Bertz CT molecular complexity index is 435. The molecule has 2 aliphatic heterocycles. The summed E-state index contributed by atoms with van der Waals surface area (Å²) in [6.45, 7) is 8.71. The summed E-state index contributed by atoms with van der Waals surface area (Å²) in [5, 5.41) is 3.72. The van der Waals surface area contributed by atoms with Crippen LogP contribution < -0.4 is 5.32 Å². The van der Waals surface area contributed by atoms with Gasteiger partial charge in [0, 0.05) is 46.3 Å². The van der Waals surface area contributed by atoms with Gasteiger partial charge in [-0.05, 0) is 55.8 Å². The van der Waals surface area contributed by atoms with E-state index in [-0.39, 0.29) is 24.0 Å². The lowest BCUT2D eigenvalue weighted by Gasteiger charge is -2.29. The Morgan fingerprint density at radius 2 is 1.76 bits per heavy atom. The van der Waals surface area contributed by atoms with Crippen LogP contribution in [0.3, 0.4) is 0 Å². The minimum Gasteiger partial charge on any atom is -0.379 e. The monoisotopic (exact) mass is 462 g/mol. The minimum absolute atomic E-state index is 0. The van der Waals surface area contributed by atoms with Crippen molar-refractivity contribution in [3.8, 4) is 0 Å². The van der Waals surface area contributed by atoms with E-state index in [1.807, 2.05) is 7.05 Å². The van der Waals surface area contributed by atoms with Crippen LogP contribution in [-0.4, -0.2) is 75.3 Å². The summed E-state index contributed by atoms with van der Waals surface area (Å²) >= 11 is 0. The molecule has 4 fully saturated rings. The number of morpholine rings is 1. The van der Waals surface area contributed by atoms with Crippen LogP contribution in [0.4, 0.5) is 0 Å². The second-order valence-electron chi connectivity index (χ2n) is 8.28. The fourth-order valence-electron chi connectivity index (χ4n) is 4.63. The normalized spacial score (nSPS) is 28.3. The fourth-order valence-corrected chi connectivity index (χ4v) is 4.63. The van der Waals surface area contributed by atoms with Gasteiger partial charge >= 0.3 is 0 Å². The van der Waals surface area contributed by atoms with E-state index in [4.69, 9.17) is 4.74 Å². The van der Waals surface area contributed by atoms with Gasteiger partial charge in [0.1, 0.15) is 0 Å². The van der Waals surface area contributed by atoms with E-state index in [0.29, 0.717) is 0 Å². The molecule has 2 saturated carbocycles. The number of rotatable bonds is 6. The number of hydrogen-bond acceptors (Lipinski definition) is 3. The topological polar surface area (TPSA) is 40.1 Å². The zero-order chi connectivity index (χ0) is 16.4. The highest BCUT2D eigenvalue weighted by Crippen LogP contribution is 2.48. The maximum absolute atomic E-state index is 5.46. The Labute approximate surface area is 170 Å². The Hall–Kier alpha value is -0.0800. The molecule has 2 aliphatic carbocycles. The zero-order valence-electron chi connectivity index (χ0n) is 15.7.